The zero-order chi connectivity index (χ0) is 6.81. The monoisotopic (exact) mass is 139 g/mol. The summed E-state index contributed by atoms with van der Waals surface area (Å²) in [5.74, 6) is 1.09. The maximum absolute atomic E-state index is 2.63. The van der Waals surface area contributed by atoms with Crippen LogP contribution in [0.3, 0.4) is 0 Å². The molecule has 0 spiro atoms. The second-order valence-corrected chi connectivity index (χ2v) is 3.78. The van der Waals surface area contributed by atoms with Crippen molar-refractivity contribution in [2.75, 3.05) is 19.6 Å². The quantitative estimate of drug-likeness (QED) is 0.495. The normalized spacial score (nSPS) is 40.8. The second-order valence-electron chi connectivity index (χ2n) is 3.78. The summed E-state index contributed by atoms with van der Waals surface area (Å²) in [6.45, 7) is 4.17. The Morgan fingerprint density at radius 1 is 0.800 bits per heavy atom. The molecule has 0 atom stereocenters. The summed E-state index contributed by atoms with van der Waals surface area (Å²) in [5.41, 5.74) is 0. The fourth-order valence-corrected chi connectivity index (χ4v) is 2.27. The van der Waals surface area contributed by atoms with E-state index >= 15 is 0 Å². The predicted octanol–water partition coefficient (Wildman–Crippen LogP) is 1.88. The molecule has 0 unspecified atom stereocenters. The molecule has 0 radical (unpaired) electrons. The third-order valence-corrected chi connectivity index (χ3v) is 3.04. The molecule has 3 fully saturated rings. The molecule has 0 saturated carbocycles. The minimum absolute atomic E-state index is 1.09. The van der Waals surface area contributed by atoms with Gasteiger partial charge in [-0.15, -0.1) is 0 Å². The van der Waals surface area contributed by atoms with Crippen LogP contribution < -0.4 is 0 Å². The van der Waals surface area contributed by atoms with Gasteiger partial charge < -0.3 is 4.90 Å². The number of fused-ring (bicyclic) bond motifs is 5. The molecule has 0 aromatic rings. The number of rotatable bonds is 0. The largest absolute Gasteiger partial charge is 0.303 e. The highest BCUT2D eigenvalue weighted by atomic mass is 15.1. The van der Waals surface area contributed by atoms with E-state index in [1.807, 2.05) is 0 Å². The summed E-state index contributed by atoms with van der Waals surface area (Å²) < 4.78 is 0. The Morgan fingerprint density at radius 2 is 1.60 bits per heavy atom. The maximum atomic E-state index is 2.63. The lowest BCUT2D eigenvalue weighted by Crippen LogP contribution is -2.36. The van der Waals surface area contributed by atoms with Gasteiger partial charge in [0.1, 0.15) is 0 Å². The fourth-order valence-electron chi connectivity index (χ4n) is 2.27. The van der Waals surface area contributed by atoms with E-state index in [2.05, 4.69) is 4.90 Å². The molecule has 3 aliphatic heterocycles. The molecular weight excluding hydrogens is 122 g/mol. The van der Waals surface area contributed by atoms with Gasteiger partial charge >= 0.3 is 0 Å². The van der Waals surface area contributed by atoms with E-state index < -0.39 is 0 Å². The molecule has 1 heteroatoms. The Labute approximate surface area is 63.4 Å². The second kappa shape index (κ2) is 2.91. The molecule has 10 heavy (non-hydrogen) atoms. The Balaban J connectivity index is 1.94. The van der Waals surface area contributed by atoms with Crippen LogP contribution in [0.2, 0.25) is 0 Å². The van der Waals surface area contributed by atoms with Crippen molar-refractivity contribution in [2.45, 2.75) is 32.1 Å². The maximum Gasteiger partial charge on any atom is -0.00161 e. The lowest BCUT2D eigenvalue weighted by molar-refractivity contribution is 0.152. The van der Waals surface area contributed by atoms with E-state index in [0.29, 0.717) is 0 Å². The van der Waals surface area contributed by atoms with Gasteiger partial charge in [-0.25, -0.2) is 0 Å². The van der Waals surface area contributed by atoms with Gasteiger partial charge in [-0.1, -0.05) is 12.8 Å². The minimum atomic E-state index is 1.09. The molecule has 3 saturated heterocycles. The van der Waals surface area contributed by atoms with E-state index in [0.717, 1.165) is 5.92 Å². The van der Waals surface area contributed by atoms with Gasteiger partial charge in [0.2, 0.25) is 0 Å². The zero-order valence-electron chi connectivity index (χ0n) is 6.68. The van der Waals surface area contributed by atoms with Crippen molar-refractivity contribution in [1.82, 2.24) is 4.90 Å². The Hall–Kier alpha value is -0.0400. The number of piperidine rings is 1. The van der Waals surface area contributed by atoms with Crippen LogP contribution in [0.1, 0.15) is 32.1 Å². The molecule has 1 nitrogen and oxygen atoms in total. The SMILES string of the molecule is C1CCN2CCC(C1)CC2. The summed E-state index contributed by atoms with van der Waals surface area (Å²) in [5, 5.41) is 0. The smallest absolute Gasteiger partial charge is 0.00161 e. The van der Waals surface area contributed by atoms with E-state index in [-0.39, 0.29) is 0 Å². The van der Waals surface area contributed by atoms with Crippen LogP contribution in [0.15, 0.2) is 0 Å². The van der Waals surface area contributed by atoms with Crippen LogP contribution in [0, 0.1) is 5.92 Å². The van der Waals surface area contributed by atoms with Gasteiger partial charge in [-0.05, 0) is 44.8 Å². The van der Waals surface area contributed by atoms with Crippen molar-refractivity contribution < 1.29 is 0 Å². The van der Waals surface area contributed by atoms with Crippen molar-refractivity contribution in [3.05, 3.63) is 0 Å². The highest BCUT2D eigenvalue weighted by Gasteiger charge is 2.20. The van der Waals surface area contributed by atoms with Crippen LogP contribution in [-0.4, -0.2) is 24.5 Å². The average Bonchev–Trinajstić information content (AvgIpc) is 1.89. The highest BCUT2D eigenvalue weighted by molar-refractivity contribution is 4.75. The first kappa shape index (κ1) is 6.66. The highest BCUT2D eigenvalue weighted by Crippen LogP contribution is 2.25. The van der Waals surface area contributed by atoms with E-state index in [1.54, 1.807) is 0 Å². The van der Waals surface area contributed by atoms with E-state index in [9.17, 15) is 0 Å². The molecule has 0 aromatic heterocycles. The summed E-state index contributed by atoms with van der Waals surface area (Å²) in [6, 6.07) is 0. The molecule has 3 rings (SSSR count). The molecule has 58 valence electrons. The molecule has 3 aliphatic rings. The Morgan fingerprint density at radius 3 is 2.40 bits per heavy atom. The third-order valence-electron chi connectivity index (χ3n) is 3.04. The molecule has 0 aromatic carbocycles. The Bertz CT molecular complexity index is 83.8. The van der Waals surface area contributed by atoms with Crippen LogP contribution in [0.4, 0.5) is 0 Å². The first-order chi connectivity index (χ1) is 4.95. The third kappa shape index (κ3) is 1.34. The van der Waals surface area contributed by atoms with Crippen LogP contribution in [0.25, 0.3) is 0 Å². The molecule has 2 bridgehead atoms. The van der Waals surface area contributed by atoms with Gasteiger partial charge in [0.05, 0.1) is 0 Å². The summed E-state index contributed by atoms with van der Waals surface area (Å²) in [4.78, 5) is 2.63. The molecular formula is C9H17N. The van der Waals surface area contributed by atoms with E-state index in [1.165, 1.54) is 51.7 Å². The number of hydrogen-bond donors (Lipinski definition) is 0. The molecule has 3 heterocycles. The molecule has 0 aliphatic carbocycles. The summed E-state index contributed by atoms with van der Waals surface area (Å²) in [7, 11) is 0. The van der Waals surface area contributed by atoms with Crippen molar-refractivity contribution in [2.24, 2.45) is 5.92 Å². The number of hydrogen-bond acceptors (Lipinski definition) is 1. The van der Waals surface area contributed by atoms with Gasteiger partial charge in [-0.3, -0.25) is 0 Å². The van der Waals surface area contributed by atoms with Gasteiger partial charge in [-0.2, -0.15) is 0 Å². The van der Waals surface area contributed by atoms with Crippen LogP contribution in [-0.2, 0) is 0 Å². The van der Waals surface area contributed by atoms with Gasteiger partial charge in [0.15, 0.2) is 0 Å². The van der Waals surface area contributed by atoms with Crippen molar-refractivity contribution in [1.29, 1.82) is 0 Å². The molecule has 0 N–H and O–H groups in total. The van der Waals surface area contributed by atoms with Gasteiger partial charge in [0, 0.05) is 0 Å². The minimum Gasteiger partial charge on any atom is -0.303 e. The molecule has 0 amide bonds. The van der Waals surface area contributed by atoms with Crippen molar-refractivity contribution in [3.8, 4) is 0 Å². The summed E-state index contributed by atoms with van der Waals surface area (Å²) in [6.07, 6.45) is 7.44. The van der Waals surface area contributed by atoms with Crippen molar-refractivity contribution >= 4 is 0 Å². The fraction of sp³-hybridized carbons (Fsp3) is 1.00. The predicted molar refractivity (Wildman–Crippen MR) is 43.0 cm³/mol. The lowest BCUT2D eigenvalue weighted by atomic mass is 9.89. The lowest BCUT2D eigenvalue weighted by Gasteiger charge is -2.34. The van der Waals surface area contributed by atoms with Gasteiger partial charge in [0.25, 0.3) is 0 Å². The zero-order valence-corrected chi connectivity index (χ0v) is 6.68. The summed E-state index contributed by atoms with van der Waals surface area (Å²) >= 11 is 0. The topological polar surface area (TPSA) is 3.24 Å². The van der Waals surface area contributed by atoms with E-state index in [4.69, 9.17) is 0 Å². The standard InChI is InChI=1S/C9H17N/c1-2-6-10-7-4-9(3-1)5-8-10/h9H,1-8H2. The van der Waals surface area contributed by atoms with Crippen molar-refractivity contribution in [3.63, 3.8) is 0 Å². The van der Waals surface area contributed by atoms with Crippen LogP contribution in [0.5, 0.6) is 0 Å². The van der Waals surface area contributed by atoms with Crippen LogP contribution >= 0.6 is 0 Å². The first-order valence-corrected chi connectivity index (χ1v) is 4.67. The first-order valence-electron chi connectivity index (χ1n) is 4.67. The number of nitrogens with zero attached hydrogens (tertiary/aromatic N) is 1. The Kier molecular flexibility index (Phi) is 1.94. The average molecular weight is 139 g/mol.